The molecule has 0 spiro atoms. The van der Waals surface area contributed by atoms with Gasteiger partial charge in [-0.05, 0) is 42.2 Å². The van der Waals surface area contributed by atoms with E-state index in [1.165, 1.54) is 19.3 Å². The third kappa shape index (κ3) is 4.82. The monoisotopic (exact) mass is 320 g/mol. The molecule has 2 aromatic carbocycles. The summed E-state index contributed by atoms with van der Waals surface area (Å²) in [5.74, 6) is 1.36. The summed E-state index contributed by atoms with van der Waals surface area (Å²) >= 11 is 0. The van der Waals surface area contributed by atoms with Crippen LogP contribution in [0.2, 0.25) is 0 Å². The van der Waals surface area contributed by atoms with E-state index in [9.17, 15) is 4.79 Å². The zero-order chi connectivity index (χ0) is 16.6. The van der Waals surface area contributed by atoms with Gasteiger partial charge in [0.05, 0.1) is 0 Å². The lowest BCUT2D eigenvalue weighted by atomic mass is 9.86. The third-order valence-electron chi connectivity index (χ3n) is 4.58. The minimum absolute atomic E-state index is 0.239. The summed E-state index contributed by atoms with van der Waals surface area (Å²) in [6.45, 7) is 0.566. The number of hydrogen-bond acceptors (Lipinski definition) is 2. The molecule has 3 rings (SSSR count). The van der Waals surface area contributed by atoms with Crippen molar-refractivity contribution < 1.29 is 9.53 Å². The Morgan fingerprint density at radius 2 is 1.67 bits per heavy atom. The highest BCUT2D eigenvalue weighted by Gasteiger charge is 2.18. The number of carbonyl (C=O) groups excluding carboxylic acids is 1. The SMILES string of the molecule is O=C(C=Cc1ccc(OCc2ccccc2)cc1)C1CCCCC1. The van der Waals surface area contributed by atoms with E-state index < -0.39 is 0 Å². The van der Waals surface area contributed by atoms with Gasteiger partial charge in [-0.25, -0.2) is 0 Å². The fourth-order valence-electron chi connectivity index (χ4n) is 3.12. The first-order chi connectivity index (χ1) is 11.8. The number of carbonyl (C=O) groups is 1. The van der Waals surface area contributed by atoms with E-state index in [4.69, 9.17) is 4.74 Å². The van der Waals surface area contributed by atoms with Gasteiger partial charge >= 0.3 is 0 Å². The second-order valence-corrected chi connectivity index (χ2v) is 6.41. The van der Waals surface area contributed by atoms with E-state index in [0.717, 1.165) is 29.7 Å². The van der Waals surface area contributed by atoms with Crippen LogP contribution in [0.25, 0.3) is 6.08 Å². The summed E-state index contributed by atoms with van der Waals surface area (Å²) in [4.78, 5) is 12.2. The number of hydrogen-bond donors (Lipinski definition) is 0. The van der Waals surface area contributed by atoms with Crippen LogP contribution in [-0.2, 0) is 11.4 Å². The van der Waals surface area contributed by atoms with Crippen molar-refractivity contribution in [1.29, 1.82) is 0 Å². The molecular weight excluding hydrogens is 296 g/mol. The van der Waals surface area contributed by atoms with Crippen LogP contribution in [0.1, 0.15) is 43.2 Å². The minimum Gasteiger partial charge on any atom is -0.489 e. The lowest BCUT2D eigenvalue weighted by molar-refractivity contribution is -0.119. The molecule has 0 heterocycles. The second-order valence-electron chi connectivity index (χ2n) is 6.41. The summed E-state index contributed by atoms with van der Waals surface area (Å²) in [6.07, 6.45) is 9.42. The largest absolute Gasteiger partial charge is 0.489 e. The molecule has 0 aromatic heterocycles. The van der Waals surface area contributed by atoms with Gasteiger partial charge in [0.2, 0.25) is 0 Å². The molecule has 0 aliphatic heterocycles. The maximum atomic E-state index is 12.2. The van der Waals surface area contributed by atoms with Crippen molar-refractivity contribution >= 4 is 11.9 Å². The van der Waals surface area contributed by atoms with Gasteiger partial charge in [-0.3, -0.25) is 4.79 Å². The molecular formula is C22H24O2. The minimum atomic E-state index is 0.239. The van der Waals surface area contributed by atoms with Crippen LogP contribution in [0.5, 0.6) is 5.75 Å². The van der Waals surface area contributed by atoms with Crippen molar-refractivity contribution in [1.82, 2.24) is 0 Å². The predicted octanol–water partition coefficient (Wildman–Crippen LogP) is 5.43. The standard InChI is InChI=1S/C22H24O2/c23-22(20-9-5-2-6-10-20)16-13-18-11-14-21(15-12-18)24-17-19-7-3-1-4-8-19/h1,3-4,7-8,11-16,20H,2,5-6,9-10,17H2. The summed E-state index contributed by atoms with van der Waals surface area (Å²) in [5, 5.41) is 0. The molecule has 1 aliphatic carbocycles. The van der Waals surface area contributed by atoms with Crippen molar-refractivity contribution in [2.75, 3.05) is 0 Å². The molecule has 2 aromatic rings. The van der Waals surface area contributed by atoms with Gasteiger partial charge < -0.3 is 4.74 Å². The van der Waals surface area contributed by atoms with E-state index in [-0.39, 0.29) is 11.7 Å². The molecule has 1 saturated carbocycles. The molecule has 24 heavy (non-hydrogen) atoms. The van der Waals surface area contributed by atoms with Gasteiger partial charge in [-0.1, -0.05) is 67.8 Å². The average Bonchev–Trinajstić information content (AvgIpc) is 2.67. The Bertz CT molecular complexity index is 665. The Morgan fingerprint density at radius 3 is 2.38 bits per heavy atom. The number of allylic oxidation sites excluding steroid dienone is 1. The maximum absolute atomic E-state index is 12.2. The van der Waals surface area contributed by atoms with Crippen LogP contribution in [-0.4, -0.2) is 5.78 Å². The zero-order valence-corrected chi connectivity index (χ0v) is 14.0. The molecule has 0 radical (unpaired) electrons. The van der Waals surface area contributed by atoms with E-state index in [1.807, 2.05) is 60.7 Å². The number of ketones is 1. The molecule has 2 heteroatoms. The van der Waals surface area contributed by atoms with E-state index in [1.54, 1.807) is 6.08 Å². The zero-order valence-electron chi connectivity index (χ0n) is 14.0. The van der Waals surface area contributed by atoms with Crippen molar-refractivity contribution in [3.63, 3.8) is 0 Å². The summed E-state index contributed by atoms with van der Waals surface area (Å²) in [5.41, 5.74) is 2.19. The van der Waals surface area contributed by atoms with E-state index in [2.05, 4.69) is 0 Å². The molecule has 1 aliphatic rings. The lowest BCUT2D eigenvalue weighted by Gasteiger charge is -2.18. The van der Waals surface area contributed by atoms with Gasteiger partial charge in [0.15, 0.2) is 5.78 Å². The fraction of sp³-hybridized carbons (Fsp3) is 0.318. The molecule has 0 unspecified atom stereocenters. The first-order valence-corrected chi connectivity index (χ1v) is 8.80. The van der Waals surface area contributed by atoms with E-state index in [0.29, 0.717) is 6.61 Å². The summed E-state index contributed by atoms with van der Waals surface area (Å²) < 4.78 is 5.78. The number of benzene rings is 2. The summed E-state index contributed by atoms with van der Waals surface area (Å²) in [7, 11) is 0. The van der Waals surface area contributed by atoms with Crippen molar-refractivity contribution in [3.05, 3.63) is 71.8 Å². The Morgan fingerprint density at radius 1 is 0.958 bits per heavy atom. The van der Waals surface area contributed by atoms with Gasteiger partial charge in [0.1, 0.15) is 12.4 Å². The summed E-state index contributed by atoms with van der Waals surface area (Å²) in [6, 6.07) is 18.0. The third-order valence-corrected chi connectivity index (χ3v) is 4.58. The van der Waals surface area contributed by atoms with Gasteiger partial charge in [-0.2, -0.15) is 0 Å². The van der Waals surface area contributed by atoms with Gasteiger partial charge in [0.25, 0.3) is 0 Å². The smallest absolute Gasteiger partial charge is 0.158 e. The normalized spacial score (nSPS) is 15.5. The van der Waals surface area contributed by atoms with Crippen LogP contribution in [0.3, 0.4) is 0 Å². The Hall–Kier alpha value is -2.35. The topological polar surface area (TPSA) is 26.3 Å². The quantitative estimate of drug-likeness (QED) is 0.664. The molecule has 1 fully saturated rings. The molecule has 0 N–H and O–H groups in total. The highest BCUT2D eigenvalue weighted by atomic mass is 16.5. The van der Waals surface area contributed by atoms with Gasteiger partial charge in [0, 0.05) is 5.92 Å². The Kier molecular flexibility index (Phi) is 5.84. The average molecular weight is 320 g/mol. The first kappa shape index (κ1) is 16.5. The second kappa shape index (κ2) is 8.49. The van der Waals surface area contributed by atoms with Crippen LogP contribution >= 0.6 is 0 Å². The van der Waals surface area contributed by atoms with Crippen LogP contribution in [0.15, 0.2) is 60.7 Å². The van der Waals surface area contributed by atoms with Crippen molar-refractivity contribution in [2.24, 2.45) is 5.92 Å². The fourth-order valence-corrected chi connectivity index (χ4v) is 3.12. The maximum Gasteiger partial charge on any atom is 0.158 e. The highest BCUT2D eigenvalue weighted by Crippen LogP contribution is 2.25. The number of ether oxygens (including phenoxy) is 1. The molecule has 0 bridgehead atoms. The van der Waals surface area contributed by atoms with Crippen molar-refractivity contribution in [3.8, 4) is 5.75 Å². The molecule has 0 atom stereocenters. The van der Waals surface area contributed by atoms with Crippen LogP contribution in [0, 0.1) is 5.92 Å². The molecule has 124 valence electrons. The predicted molar refractivity (Wildman–Crippen MR) is 97.8 cm³/mol. The Balaban J connectivity index is 1.52. The number of rotatable bonds is 6. The highest BCUT2D eigenvalue weighted by molar-refractivity contribution is 5.95. The van der Waals surface area contributed by atoms with Gasteiger partial charge in [-0.15, -0.1) is 0 Å². The van der Waals surface area contributed by atoms with Crippen molar-refractivity contribution in [2.45, 2.75) is 38.7 Å². The molecule has 0 saturated heterocycles. The lowest BCUT2D eigenvalue weighted by Crippen LogP contribution is -2.15. The first-order valence-electron chi connectivity index (χ1n) is 8.80. The van der Waals surface area contributed by atoms with Crippen LogP contribution in [0.4, 0.5) is 0 Å². The van der Waals surface area contributed by atoms with Crippen LogP contribution < -0.4 is 4.74 Å². The Labute approximate surface area is 144 Å². The van der Waals surface area contributed by atoms with E-state index >= 15 is 0 Å². The molecule has 2 nitrogen and oxygen atoms in total. The molecule has 0 amide bonds.